The molecule has 0 aliphatic carbocycles. The number of carbonyl (C=O) groups is 1. The zero-order valence-corrected chi connectivity index (χ0v) is 15.6. The van der Waals surface area contributed by atoms with Gasteiger partial charge >= 0.3 is 0 Å². The number of H-pyrrole nitrogens is 1. The van der Waals surface area contributed by atoms with E-state index in [-0.39, 0.29) is 18.0 Å². The number of nitrogens with one attached hydrogen (secondary N) is 1. The molecule has 0 radical (unpaired) electrons. The Balaban J connectivity index is 1.93. The normalized spacial score (nSPS) is 10.7. The Labute approximate surface area is 157 Å². The lowest BCUT2D eigenvalue weighted by molar-refractivity contribution is 0.0740. The third-order valence-electron chi connectivity index (χ3n) is 4.47. The SMILES string of the molecule is CCCCN(Cc1cc2cc(OC)ccc2[nH]c1=O)C(=O)c1cccnc1. The second-order valence-electron chi connectivity index (χ2n) is 6.40. The minimum Gasteiger partial charge on any atom is -0.497 e. The van der Waals surface area contributed by atoms with Crippen molar-refractivity contribution in [3.05, 3.63) is 70.3 Å². The fraction of sp³-hybridized carbons (Fsp3) is 0.286. The maximum absolute atomic E-state index is 12.9. The summed E-state index contributed by atoms with van der Waals surface area (Å²) in [5.41, 5.74) is 1.62. The molecule has 140 valence electrons. The summed E-state index contributed by atoms with van der Waals surface area (Å²) in [7, 11) is 1.60. The lowest BCUT2D eigenvalue weighted by Gasteiger charge is -2.22. The summed E-state index contributed by atoms with van der Waals surface area (Å²) in [6.45, 7) is 2.90. The largest absolute Gasteiger partial charge is 0.497 e. The van der Waals surface area contributed by atoms with Crippen LogP contribution >= 0.6 is 0 Å². The number of ether oxygens (including phenoxy) is 1. The summed E-state index contributed by atoms with van der Waals surface area (Å²) >= 11 is 0. The van der Waals surface area contributed by atoms with E-state index in [1.165, 1.54) is 0 Å². The lowest BCUT2D eigenvalue weighted by Crippen LogP contribution is -2.33. The van der Waals surface area contributed by atoms with Crippen LogP contribution in [0.1, 0.15) is 35.7 Å². The van der Waals surface area contributed by atoms with Gasteiger partial charge in [0.2, 0.25) is 0 Å². The van der Waals surface area contributed by atoms with Gasteiger partial charge in [-0.3, -0.25) is 14.6 Å². The number of aromatic amines is 1. The van der Waals surface area contributed by atoms with Crippen LogP contribution in [0.2, 0.25) is 0 Å². The molecule has 0 aliphatic heterocycles. The molecule has 27 heavy (non-hydrogen) atoms. The number of hydrogen-bond donors (Lipinski definition) is 1. The van der Waals surface area contributed by atoms with Crippen molar-refractivity contribution in [3.63, 3.8) is 0 Å². The molecule has 0 aliphatic rings. The van der Waals surface area contributed by atoms with E-state index in [0.29, 0.717) is 17.7 Å². The van der Waals surface area contributed by atoms with Gasteiger partial charge in [-0.15, -0.1) is 0 Å². The Morgan fingerprint density at radius 3 is 2.81 bits per heavy atom. The third kappa shape index (κ3) is 4.34. The average Bonchev–Trinajstić information content (AvgIpc) is 2.71. The van der Waals surface area contributed by atoms with Crippen LogP contribution in [-0.4, -0.2) is 34.4 Å². The highest BCUT2D eigenvalue weighted by Crippen LogP contribution is 2.19. The minimum absolute atomic E-state index is 0.123. The van der Waals surface area contributed by atoms with Gasteiger partial charge in [-0.2, -0.15) is 0 Å². The molecule has 6 nitrogen and oxygen atoms in total. The number of carbonyl (C=O) groups excluding carboxylic acids is 1. The van der Waals surface area contributed by atoms with Crippen molar-refractivity contribution in [1.82, 2.24) is 14.9 Å². The molecule has 0 saturated carbocycles. The molecule has 1 N–H and O–H groups in total. The van der Waals surface area contributed by atoms with Gasteiger partial charge in [0.25, 0.3) is 11.5 Å². The van der Waals surface area contributed by atoms with E-state index in [9.17, 15) is 9.59 Å². The average molecular weight is 365 g/mol. The van der Waals surface area contributed by atoms with E-state index in [0.717, 1.165) is 29.5 Å². The van der Waals surface area contributed by atoms with Gasteiger partial charge in [0, 0.05) is 35.4 Å². The molecule has 0 spiro atoms. The fourth-order valence-electron chi connectivity index (χ4n) is 2.95. The second-order valence-corrected chi connectivity index (χ2v) is 6.40. The molecule has 0 bridgehead atoms. The number of pyridine rings is 2. The Kier molecular flexibility index (Phi) is 5.86. The summed E-state index contributed by atoms with van der Waals surface area (Å²) < 4.78 is 5.26. The summed E-state index contributed by atoms with van der Waals surface area (Å²) in [6.07, 6.45) is 5.01. The zero-order chi connectivity index (χ0) is 19.2. The Morgan fingerprint density at radius 1 is 1.26 bits per heavy atom. The van der Waals surface area contributed by atoms with Crippen LogP contribution in [0.15, 0.2) is 53.6 Å². The molecular formula is C21H23N3O3. The van der Waals surface area contributed by atoms with Crippen molar-refractivity contribution < 1.29 is 9.53 Å². The molecule has 0 saturated heterocycles. The smallest absolute Gasteiger partial charge is 0.255 e. The van der Waals surface area contributed by atoms with E-state index >= 15 is 0 Å². The van der Waals surface area contributed by atoms with Crippen LogP contribution in [0.4, 0.5) is 0 Å². The maximum atomic E-state index is 12.9. The molecule has 1 aromatic carbocycles. The summed E-state index contributed by atoms with van der Waals surface area (Å²) in [5, 5.41) is 0.869. The number of hydrogen-bond acceptors (Lipinski definition) is 4. The van der Waals surface area contributed by atoms with Crippen LogP contribution in [-0.2, 0) is 6.54 Å². The van der Waals surface area contributed by atoms with Crippen molar-refractivity contribution in [3.8, 4) is 5.75 Å². The molecule has 0 unspecified atom stereocenters. The van der Waals surface area contributed by atoms with Gasteiger partial charge in [0.15, 0.2) is 0 Å². The molecule has 6 heteroatoms. The van der Waals surface area contributed by atoms with Gasteiger partial charge in [-0.05, 0) is 42.8 Å². The van der Waals surface area contributed by atoms with Crippen molar-refractivity contribution in [2.45, 2.75) is 26.3 Å². The van der Waals surface area contributed by atoms with E-state index in [4.69, 9.17) is 4.74 Å². The molecule has 1 amide bonds. The van der Waals surface area contributed by atoms with E-state index in [1.807, 2.05) is 18.2 Å². The predicted molar refractivity (Wildman–Crippen MR) is 105 cm³/mol. The number of unbranched alkanes of at least 4 members (excludes halogenated alkanes) is 1. The van der Waals surface area contributed by atoms with Gasteiger partial charge in [0.1, 0.15) is 5.75 Å². The number of benzene rings is 1. The maximum Gasteiger partial charge on any atom is 0.255 e. The zero-order valence-electron chi connectivity index (χ0n) is 15.6. The first kappa shape index (κ1) is 18.6. The minimum atomic E-state index is -0.187. The Hall–Kier alpha value is -3.15. The molecule has 3 rings (SSSR count). The second kappa shape index (κ2) is 8.49. The number of fused-ring (bicyclic) bond motifs is 1. The molecule has 2 heterocycles. The summed E-state index contributed by atoms with van der Waals surface area (Å²) in [5.74, 6) is 0.594. The topological polar surface area (TPSA) is 75.3 Å². The quantitative estimate of drug-likeness (QED) is 0.696. The number of rotatable bonds is 7. The molecule has 3 aromatic rings. The highest BCUT2D eigenvalue weighted by atomic mass is 16.5. The van der Waals surface area contributed by atoms with Gasteiger partial charge in [-0.25, -0.2) is 0 Å². The standard InChI is InChI=1S/C21H23N3O3/c1-3-4-10-24(21(26)15-6-5-9-22-13-15)14-17-11-16-12-18(27-2)7-8-19(16)23-20(17)25/h5-9,11-13H,3-4,10,14H2,1-2H3,(H,23,25). The predicted octanol–water partition coefficient (Wildman–Crippen LogP) is 3.37. The monoisotopic (exact) mass is 365 g/mol. The first-order valence-electron chi connectivity index (χ1n) is 9.01. The summed E-state index contributed by atoms with van der Waals surface area (Å²) in [6, 6.07) is 10.8. The van der Waals surface area contributed by atoms with Gasteiger partial charge < -0.3 is 14.6 Å². The molecule has 2 aromatic heterocycles. The van der Waals surface area contributed by atoms with Gasteiger partial charge in [-0.1, -0.05) is 13.3 Å². The van der Waals surface area contributed by atoms with Crippen LogP contribution in [0, 0.1) is 0 Å². The molecule has 0 atom stereocenters. The Bertz CT molecular complexity index is 983. The first-order chi connectivity index (χ1) is 13.1. The summed E-state index contributed by atoms with van der Waals surface area (Å²) in [4.78, 5) is 34.0. The number of amides is 1. The van der Waals surface area contributed by atoms with E-state index in [1.54, 1.807) is 42.6 Å². The third-order valence-corrected chi connectivity index (χ3v) is 4.47. The number of aromatic nitrogens is 2. The van der Waals surface area contributed by atoms with Crippen molar-refractivity contribution >= 4 is 16.8 Å². The first-order valence-corrected chi connectivity index (χ1v) is 9.01. The Morgan fingerprint density at radius 2 is 2.11 bits per heavy atom. The van der Waals surface area contributed by atoms with Crippen LogP contribution < -0.4 is 10.3 Å². The van der Waals surface area contributed by atoms with Crippen molar-refractivity contribution in [2.24, 2.45) is 0 Å². The van der Waals surface area contributed by atoms with Gasteiger partial charge in [0.05, 0.1) is 19.2 Å². The van der Waals surface area contributed by atoms with Crippen LogP contribution in [0.3, 0.4) is 0 Å². The number of nitrogens with zero attached hydrogens (tertiary/aromatic N) is 2. The lowest BCUT2D eigenvalue weighted by atomic mass is 10.1. The molecule has 0 fully saturated rings. The number of methoxy groups -OCH3 is 1. The fourth-order valence-corrected chi connectivity index (χ4v) is 2.95. The van der Waals surface area contributed by atoms with Crippen molar-refractivity contribution in [2.75, 3.05) is 13.7 Å². The van der Waals surface area contributed by atoms with Crippen molar-refractivity contribution in [1.29, 1.82) is 0 Å². The molecular weight excluding hydrogens is 342 g/mol. The van der Waals surface area contributed by atoms with Crippen LogP contribution in [0.25, 0.3) is 10.9 Å². The van der Waals surface area contributed by atoms with E-state index < -0.39 is 0 Å². The van der Waals surface area contributed by atoms with Crippen LogP contribution in [0.5, 0.6) is 5.75 Å². The highest BCUT2D eigenvalue weighted by Gasteiger charge is 2.17. The van der Waals surface area contributed by atoms with E-state index in [2.05, 4.69) is 16.9 Å². The highest BCUT2D eigenvalue weighted by molar-refractivity contribution is 5.93.